The van der Waals surface area contributed by atoms with Gasteiger partial charge in [-0.05, 0) is 23.3 Å². The Hall–Kier alpha value is -3.52. The van der Waals surface area contributed by atoms with Gasteiger partial charge < -0.3 is 0 Å². The summed E-state index contributed by atoms with van der Waals surface area (Å²) in [4.78, 5) is 9.19. The molecule has 0 atom stereocenters. The molecule has 0 aliphatic rings. The fourth-order valence-corrected chi connectivity index (χ4v) is 2.97. The van der Waals surface area contributed by atoms with Crippen molar-refractivity contribution in [2.24, 2.45) is 4.99 Å². The van der Waals surface area contributed by atoms with E-state index in [-0.39, 0.29) is 0 Å². The summed E-state index contributed by atoms with van der Waals surface area (Å²) >= 11 is 0. The molecule has 3 aromatic carbocycles. The van der Waals surface area contributed by atoms with Crippen molar-refractivity contribution < 1.29 is 0 Å². The third-order valence-corrected chi connectivity index (χ3v) is 4.22. The zero-order chi connectivity index (χ0) is 17.6. The van der Waals surface area contributed by atoms with Gasteiger partial charge in [-0.3, -0.25) is 9.98 Å². The van der Waals surface area contributed by atoms with E-state index in [9.17, 15) is 0 Å². The second kappa shape index (κ2) is 7.58. The van der Waals surface area contributed by atoms with Gasteiger partial charge in [-0.25, -0.2) is 0 Å². The van der Waals surface area contributed by atoms with Gasteiger partial charge in [0.05, 0.1) is 17.6 Å². The van der Waals surface area contributed by atoms with Crippen LogP contribution < -0.4 is 0 Å². The Morgan fingerprint density at radius 3 is 1.69 bits per heavy atom. The summed E-state index contributed by atoms with van der Waals surface area (Å²) in [7, 11) is 0. The highest BCUT2D eigenvalue weighted by molar-refractivity contribution is 5.92. The van der Waals surface area contributed by atoms with Crippen LogP contribution in [0, 0.1) is 0 Å². The van der Waals surface area contributed by atoms with Gasteiger partial charge in [0.15, 0.2) is 0 Å². The van der Waals surface area contributed by atoms with Gasteiger partial charge in [-0.15, -0.1) is 0 Å². The van der Waals surface area contributed by atoms with Gasteiger partial charge in [0.25, 0.3) is 0 Å². The molecule has 0 bridgehead atoms. The summed E-state index contributed by atoms with van der Waals surface area (Å²) in [6, 6.07) is 32.9. The lowest BCUT2D eigenvalue weighted by molar-refractivity contribution is 1.30. The standard InChI is InChI=1S/C24H18N2/c1-3-10-19(11-4-1)22-15-9-16-23(20-12-5-2-6-13-20)24(22)26-18-21-14-7-8-17-25-21/h1-18H/b26-18+. The van der Waals surface area contributed by atoms with Crippen LogP contribution >= 0.6 is 0 Å². The minimum atomic E-state index is 0.842. The van der Waals surface area contributed by atoms with E-state index >= 15 is 0 Å². The highest BCUT2D eigenvalue weighted by atomic mass is 14.8. The van der Waals surface area contributed by atoms with E-state index in [1.54, 1.807) is 6.20 Å². The molecule has 0 saturated carbocycles. The normalized spacial score (nSPS) is 10.9. The minimum Gasteiger partial charge on any atom is -0.255 e. The van der Waals surface area contributed by atoms with Crippen LogP contribution in [-0.2, 0) is 0 Å². The highest BCUT2D eigenvalue weighted by Crippen LogP contribution is 2.38. The molecule has 0 amide bonds. The third-order valence-electron chi connectivity index (χ3n) is 4.22. The van der Waals surface area contributed by atoms with E-state index in [1.165, 1.54) is 0 Å². The highest BCUT2D eigenvalue weighted by Gasteiger charge is 2.10. The third kappa shape index (κ3) is 3.45. The van der Waals surface area contributed by atoms with E-state index in [1.807, 2.05) is 36.5 Å². The van der Waals surface area contributed by atoms with Crippen LogP contribution in [0.1, 0.15) is 5.69 Å². The molecule has 2 heteroatoms. The Morgan fingerprint density at radius 1 is 0.577 bits per heavy atom. The van der Waals surface area contributed by atoms with E-state index in [2.05, 4.69) is 71.7 Å². The Kier molecular flexibility index (Phi) is 4.66. The molecule has 2 nitrogen and oxygen atoms in total. The van der Waals surface area contributed by atoms with Crippen LogP contribution in [0.4, 0.5) is 5.69 Å². The van der Waals surface area contributed by atoms with Crippen molar-refractivity contribution in [3.05, 3.63) is 109 Å². The Labute approximate surface area is 153 Å². The number of aromatic nitrogens is 1. The lowest BCUT2D eigenvalue weighted by atomic mass is 9.96. The number of nitrogens with zero attached hydrogens (tertiary/aromatic N) is 2. The average molecular weight is 334 g/mol. The van der Waals surface area contributed by atoms with Gasteiger partial charge in [0, 0.05) is 17.3 Å². The predicted molar refractivity (Wildman–Crippen MR) is 109 cm³/mol. The molecule has 0 aliphatic heterocycles. The van der Waals surface area contributed by atoms with Crippen LogP contribution in [0.5, 0.6) is 0 Å². The maximum Gasteiger partial charge on any atom is 0.0812 e. The zero-order valence-corrected chi connectivity index (χ0v) is 14.3. The summed E-state index contributed by atoms with van der Waals surface area (Å²) in [5.74, 6) is 0. The number of hydrogen-bond donors (Lipinski definition) is 0. The smallest absolute Gasteiger partial charge is 0.0812 e. The Morgan fingerprint density at radius 2 is 1.15 bits per heavy atom. The van der Waals surface area contributed by atoms with Crippen molar-refractivity contribution in [3.8, 4) is 22.3 Å². The fraction of sp³-hybridized carbons (Fsp3) is 0. The van der Waals surface area contributed by atoms with Crippen molar-refractivity contribution in [1.82, 2.24) is 4.98 Å². The maximum atomic E-state index is 4.84. The number of benzene rings is 3. The van der Waals surface area contributed by atoms with E-state index in [0.29, 0.717) is 0 Å². The van der Waals surface area contributed by atoms with E-state index in [0.717, 1.165) is 33.6 Å². The van der Waals surface area contributed by atoms with Crippen molar-refractivity contribution in [1.29, 1.82) is 0 Å². The van der Waals surface area contributed by atoms with Crippen molar-refractivity contribution in [2.45, 2.75) is 0 Å². The van der Waals surface area contributed by atoms with Crippen molar-refractivity contribution in [2.75, 3.05) is 0 Å². The molecular weight excluding hydrogens is 316 g/mol. The molecule has 0 unspecified atom stereocenters. The minimum absolute atomic E-state index is 0.842. The summed E-state index contributed by atoms with van der Waals surface area (Å²) in [5, 5.41) is 0. The number of hydrogen-bond acceptors (Lipinski definition) is 2. The maximum absolute atomic E-state index is 4.84. The second-order valence-electron chi connectivity index (χ2n) is 5.95. The molecule has 4 rings (SSSR count). The van der Waals surface area contributed by atoms with Gasteiger partial charge in [0.1, 0.15) is 0 Å². The van der Waals surface area contributed by atoms with Gasteiger partial charge in [0.2, 0.25) is 0 Å². The summed E-state index contributed by atoms with van der Waals surface area (Å²) < 4.78 is 0. The van der Waals surface area contributed by atoms with Crippen LogP contribution in [0.25, 0.3) is 22.3 Å². The molecule has 0 fully saturated rings. The number of para-hydroxylation sites is 1. The number of pyridine rings is 1. The van der Waals surface area contributed by atoms with Gasteiger partial charge >= 0.3 is 0 Å². The quantitative estimate of drug-likeness (QED) is 0.410. The van der Waals surface area contributed by atoms with Crippen LogP contribution in [0.15, 0.2) is 108 Å². The molecule has 26 heavy (non-hydrogen) atoms. The zero-order valence-electron chi connectivity index (χ0n) is 14.3. The first-order valence-corrected chi connectivity index (χ1v) is 8.61. The Bertz CT molecular complexity index is 950. The number of rotatable bonds is 4. The van der Waals surface area contributed by atoms with Gasteiger partial charge in [-0.1, -0.05) is 84.9 Å². The van der Waals surface area contributed by atoms with Gasteiger partial charge in [-0.2, -0.15) is 0 Å². The molecule has 0 aliphatic carbocycles. The largest absolute Gasteiger partial charge is 0.255 e. The Balaban J connectivity index is 1.89. The topological polar surface area (TPSA) is 25.2 Å². The first-order valence-electron chi connectivity index (χ1n) is 8.61. The fourth-order valence-electron chi connectivity index (χ4n) is 2.97. The van der Waals surface area contributed by atoms with Crippen molar-refractivity contribution in [3.63, 3.8) is 0 Å². The first-order chi connectivity index (χ1) is 12.9. The molecule has 0 saturated heterocycles. The lowest BCUT2D eigenvalue weighted by Gasteiger charge is -2.12. The molecular formula is C24H18N2. The molecule has 0 N–H and O–H groups in total. The molecule has 1 aromatic heterocycles. The number of aliphatic imine (C=N–C) groups is 1. The second-order valence-corrected chi connectivity index (χ2v) is 5.95. The van der Waals surface area contributed by atoms with Crippen LogP contribution in [0.2, 0.25) is 0 Å². The van der Waals surface area contributed by atoms with E-state index < -0.39 is 0 Å². The molecule has 0 radical (unpaired) electrons. The van der Waals surface area contributed by atoms with Crippen LogP contribution in [0.3, 0.4) is 0 Å². The summed E-state index contributed by atoms with van der Waals surface area (Å²) in [6.07, 6.45) is 3.61. The monoisotopic (exact) mass is 334 g/mol. The molecule has 124 valence electrons. The molecule has 4 aromatic rings. The lowest BCUT2D eigenvalue weighted by Crippen LogP contribution is -1.88. The summed E-state index contributed by atoms with van der Waals surface area (Å²) in [6.45, 7) is 0. The molecule has 0 spiro atoms. The van der Waals surface area contributed by atoms with Crippen LogP contribution in [-0.4, -0.2) is 11.2 Å². The van der Waals surface area contributed by atoms with E-state index in [4.69, 9.17) is 4.99 Å². The average Bonchev–Trinajstić information content (AvgIpc) is 2.74. The SMILES string of the molecule is C(=N\c1c(-c2ccccc2)cccc1-c1ccccc1)/c1ccccn1. The molecule has 1 heterocycles. The predicted octanol–water partition coefficient (Wildman–Crippen LogP) is 6.17. The first kappa shape index (κ1) is 16.0. The van der Waals surface area contributed by atoms with Crippen molar-refractivity contribution >= 4 is 11.9 Å². The summed E-state index contributed by atoms with van der Waals surface area (Å²) in [5.41, 5.74) is 6.32.